The lowest BCUT2D eigenvalue weighted by atomic mass is 9.98. The van der Waals surface area contributed by atoms with Gasteiger partial charge in [0.15, 0.2) is 0 Å². The van der Waals surface area contributed by atoms with Crippen molar-refractivity contribution < 1.29 is 4.79 Å². The first-order valence-corrected chi connectivity index (χ1v) is 9.27. The molecule has 0 fully saturated rings. The lowest BCUT2D eigenvalue weighted by Crippen LogP contribution is -2.29. The van der Waals surface area contributed by atoms with Gasteiger partial charge in [0.25, 0.3) is 5.91 Å². The zero-order valence-corrected chi connectivity index (χ0v) is 16.5. The lowest BCUT2D eigenvalue weighted by molar-refractivity contribution is 0.0747. The number of hydrogen-bond acceptors (Lipinski definition) is 5. The first kappa shape index (κ1) is 18.3. The average Bonchev–Trinajstić information content (AvgIpc) is 3.31. The molecule has 2 aromatic heterocycles. The smallest absolute Gasteiger partial charge is 0.265 e. The van der Waals surface area contributed by atoms with E-state index in [9.17, 15) is 4.79 Å². The molecule has 0 aliphatic heterocycles. The molecule has 0 saturated carbocycles. The van der Waals surface area contributed by atoms with Crippen molar-refractivity contribution in [1.29, 1.82) is 0 Å². The molecule has 0 radical (unpaired) electrons. The average molecular weight is 369 g/mol. The van der Waals surface area contributed by atoms with Gasteiger partial charge in [-0.2, -0.15) is 5.10 Å². The van der Waals surface area contributed by atoms with Gasteiger partial charge >= 0.3 is 0 Å². The molecule has 1 amide bonds. The highest BCUT2D eigenvalue weighted by Gasteiger charge is 2.24. The van der Waals surface area contributed by atoms with Crippen LogP contribution in [0.15, 0.2) is 43.1 Å². The van der Waals surface area contributed by atoms with E-state index in [1.54, 1.807) is 22.1 Å². The van der Waals surface area contributed by atoms with Crippen LogP contribution in [0.2, 0.25) is 0 Å². The van der Waals surface area contributed by atoms with Gasteiger partial charge < -0.3 is 4.90 Å². The number of carbonyl (C=O) groups excluding carboxylic acids is 1. The van der Waals surface area contributed by atoms with Gasteiger partial charge in [0.2, 0.25) is 0 Å². The second-order valence-electron chi connectivity index (χ2n) is 7.30. The summed E-state index contributed by atoms with van der Waals surface area (Å²) in [6, 6.07) is 7.93. The molecule has 1 aromatic carbocycles. The van der Waals surface area contributed by atoms with Crippen molar-refractivity contribution in [2.45, 2.75) is 39.2 Å². The van der Waals surface area contributed by atoms with E-state index in [4.69, 9.17) is 0 Å². The highest BCUT2D eigenvalue weighted by atomic mass is 32.1. The van der Waals surface area contributed by atoms with E-state index in [0.717, 1.165) is 16.3 Å². The van der Waals surface area contributed by atoms with Crippen molar-refractivity contribution in [3.8, 4) is 5.69 Å². The van der Waals surface area contributed by atoms with E-state index in [-0.39, 0.29) is 17.4 Å². The summed E-state index contributed by atoms with van der Waals surface area (Å²) in [5, 5.41) is 5.09. The minimum Gasteiger partial charge on any atom is -0.334 e. The van der Waals surface area contributed by atoms with Gasteiger partial charge in [0.05, 0.1) is 22.9 Å². The fourth-order valence-electron chi connectivity index (χ4n) is 2.54. The monoisotopic (exact) mass is 369 g/mol. The summed E-state index contributed by atoms with van der Waals surface area (Å²) >= 11 is 1.47. The molecular weight excluding hydrogens is 346 g/mol. The van der Waals surface area contributed by atoms with Crippen LogP contribution in [0.3, 0.4) is 0 Å². The number of benzene rings is 1. The summed E-state index contributed by atoms with van der Waals surface area (Å²) in [5.41, 5.74) is 1.94. The third-order valence-corrected chi connectivity index (χ3v) is 5.73. The van der Waals surface area contributed by atoms with E-state index in [0.29, 0.717) is 4.88 Å². The molecule has 26 heavy (non-hydrogen) atoms. The molecule has 3 rings (SSSR count). The minimum absolute atomic E-state index is 0.00847. The number of nitrogens with zero attached hydrogens (tertiary/aromatic N) is 5. The van der Waals surface area contributed by atoms with Crippen LogP contribution in [0.1, 0.15) is 54.0 Å². The van der Waals surface area contributed by atoms with E-state index < -0.39 is 0 Å². The summed E-state index contributed by atoms with van der Waals surface area (Å²) in [7, 11) is 1.83. The Bertz CT molecular complexity index is 878. The topological polar surface area (TPSA) is 63.9 Å². The molecule has 0 N–H and O–H groups in total. The third-order valence-electron chi connectivity index (χ3n) is 4.32. The molecule has 0 aliphatic carbocycles. The first-order valence-electron chi connectivity index (χ1n) is 8.46. The molecule has 2 heterocycles. The molecule has 0 bridgehead atoms. The summed E-state index contributed by atoms with van der Waals surface area (Å²) < 4.78 is 1.70. The molecule has 6 nitrogen and oxygen atoms in total. The van der Waals surface area contributed by atoms with Crippen LogP contribution < -0.4 is 0 Å². The van der Waals surface area contributed by atoms with Crippen LogP contribution in [-0.4, -0.2) is 37.6 Å². The van der Waals surface area contributed by atoms with Gasteiger partial charge in [0, 0.05) is 12.5 Å². The van der Waals surface area contributed by atoms with Crippen molar-refractivity contribution in [3.63, 3.8) is 0 Å². The number of thiazole rings is 1. The van der Waals surface area contributed by atoms with Gasteiger partial charge in [-0.25, -0.2) is 14.6 Å². The van der Waals surface area contributed by atoms with E-state index >= 15 is 0 Å². The largest absolute Gasteiger partial charge is 0.334 e. The van der Waals surface area contributed by atoms with Gasteiger partial charge in [-0.05, 0) is 24.6 Å². The number of rotatable bonds is 4. The summed E-state index contributed by atoms with van der Waals surface area (Å²) in [6.45, 7) is 8.32. The number of aromatic nitrogens is 4. The highest BCUT2D eigenvalue weighted by molar-refractivity contribution is 7.13. The fourth-order valence-corrected chi connectivity index (χ4v) is 3.50. The highest BCUT2D eigenvalue weighted by Crippen LogP contribution is 2.29. The predicted octanol–water partition coefficient (Wildman–Crippen LogP) is 3.85. The van der Waals surface area contributed by atoms with Crippen LogP contribution in [0.5, 0.6) is 0 Å². The predicted molar refractivity (Wildman–Crippen MR) is 103 cm³/mol. The van der Waals surface area contributed by atoms with Gasteiger partial charge in [-0.3, -0.25) is 4.79 Å². The molecule has 0 spiro atoms. The van der Waals surface area contributed by atoms with Gasteiger partial charge in [-0.15, -0.1) is 11.3 Å². The Balaban J connectivity index is 1.75. The maximum absolute atomic E-state index is 12.8. The molecule has 1 unspecified atom stereocenters. The summed E-state index contributed by atoms with van der Waals surface area (Å²) in [6.07, 6.45) is 4.85. The van der Waals surface area contributed by atoms with Crippen molar-refractivity contribution >= 4 is 17.2 Å². The second-order valence-corrected chi connectivity index (χ2v) is 8.33. The molecular formula is C19H23N5OS. The molecule has 0 aliphatic rings. The summed E-state index contributed by atoms with van der Waals surface area (Å²) in [5.74, 6) is -0.00847. The van der Waals surface area contributed by atoms with E-state index in [1.807, 2.05) is 38.2 Å². The quantitative estimate of drug-likeness (QED) is 0.701. The van der Waals surface area contributed by atoms with Crippen molar-refractivity contribution in [2.75, 3.05) is 7.05 Å². The van der Waals surface area contributed by atoms with Crippen LogP contribution in [0.4, 0.5) is 0 Å². The molecule has 136 valence electrons. The second kappa shape index (κ2) is 6.99. The normalized spacial score (nSPS) is 12.8. The Kier molecular flexibility index (Phi) is 4.91. The number of amides is 1. The van der Waals surface area contributed by atoms with Crippen molar-refractivity contribution in [2.24, 2.45) is 0 Å². The lowest BCUT2D eigenvalue weighted by Gasteiger charge is -2.25. The standard InChI is InChI=1S/C19H23N5OS/c1-13(14-6-8-15(9-7-14)24-12-20-11-22-24)23(5)17(25)16-10-21-18(26-16)19(2,3)4/h6-13H,1-5H3. The van der Waals surface area contributed by atoms with Crippen LogP contribution in [-0.2, 0) is 5.41 Å². The Hall–Kier alpha value is -2.54. The van der Waals surface area contributed by atoms with Crippen LogP contribution in [0.25, 0.3) is 5.69 Å². The van der Waals surface area contributed by atoms with Crippen molar-refractivity contribution in [1.82, 2.24) is 24.6 Å². The van der Waals surface area contributed by atoms with E-state index in [1.165, 1.54) is 17.7 Å². The first-order chi connectivity index (χ1) is 12.3. The summed E-state index contributed by atoms with van der Waals surface area (Å²) in [4.78, 5) is 23.6. The Morgan fingerprint density at radius 3 is 2.46 bits per heavy atom. The Morgan fingerprint density at radius 1 is 1.23 bits per heavy atom. The van der Waals surface area contributed by atoms with Gasteiger partial charge in [0.1, 0.15) is 17.5 Å². The van der Waals surface area contributed by atoms with Crippen LogP contribution in [0, 0.1) is 0 Å². The molecule has 7 heteroatoms. The van der Waals surface area contributed by atoms with Crippen LogP contribution >= 0.6 is 11.3 Å². The number of carbonyl (C=O) groups is 1. The SMILES string of the molecule is CC(c1ccc(-n2cncn2)cc1)N(C)C(=O)c1cnc(C(C)(C)C)s1. The molecule has 1 atom stereocenters. The maximum atomic E-state index is 12.8. The zero-order chi connectivity index (χ0) is 18.9. The Morgan fingerprint density at radius 2 is 1.92 bits per heavy atom. The Labute approximate surface area is 157 Å². The fraction of sp³-hybridized carbons (Fsp3) is 0.368. The van der Waals surface area contributed by atoms with Crippen molar-refractivity contribution in [3.05, 3.63) is 58.6 Å². The molecule has 3 aromatic rings. The molecule has 0 saturated heterocycles. The zero-order valence-electron chi connectivity index (χ0n) is 15.7. The van der Waals surface area contributed by atoms with E-state index in [2.05, 4.69) is 35.8 Å². The van der Waals surface area contributed by atoms with Gasteiger partial charge in [-0.1, -0.05) is 32.9 Å². The maximum Gasteiger partial charge on any atom is 0.265 e. The minimum atomic E-state index is -0.0510. The number of hydrogen-bond donors (Lipinski definition) is 0. The third kappa shape index (κ3) is 3.67.